The van der Waals surface area contributed by atoms with Crippen LogP contribution in [-0.4, -0.2) is 37.4 Å². The van der Waals surface area contributed by atoms with Crippen molar-refractivity contribution in [2.24, 2.45) is 5.92 Å². The van der Waals surface area contributed by atoms with E-state index in [1.165, 1.54) is 0 Å². The number of benzene rings is 1. The minimum absolute atomic E-state index is 0.0876. The van der Waals surface area contributed by atoms with Crippen molar-refractivity contribution in [1.29, 1.82) is 5.41 Å². The Morgan fingerprint density at radius 1 is 1.42 bits per heavy atom. The lowest BCUT2D eigenvalue weighted by atomic mass is 9.88. The van der Waals surface area contributed by atoms with Crippen molar-refractivity contribution in [2.75, 3.05) is 19.7 Å². The first-order valence-corrected chi connectivity index (χ1v) is 8.63. The van der Waals surface area contributed by atoms with E-state index in [-0.39, 0.29) is 17.7 Å². The minimum Gasteiger partial charge on any atom is -0.465 e. The summed E-state index contributed by atoms with van der Waals surface area (Å²) < 4.78 is 45.2. The van der Waals surface area contributed by atoms with Crippen LogP contribution < -0.4 is 10.6 Å². The lowest BCUT2D eigenvalue weighted by molar-refractivity contribution is -0.146. The molecule has 3 unspecified atom stereocenters. The number of halogens is 3. The fourth-order valence-corrected chi connectivity index (χ4v) is 3.17. The van der Waals surface area contributed by atoms with E-state index in [1.54, 1.807) is 13.8 Å². The molecule has 26 heavy (non-hydrogen) atoms. The predicted octanol–water partition coefficient (Wildman–Crippen LogP) is 2.97. The number of alkyl halides is 2. The number of esters is 1. The molecule has 1 heterocycles. The number of hydrogen-bond donors (Lipinski definition) is 3. The molecule has 0 aliphatic carbocycles. The van der Waals surface area contributed by atoms with Gasteiger partial charge in [0.25, 0.3) is 6.43 Å². The topological polar surface area (TPSA) is 74.2 Å². The van der Waals surface area contributed by atoms with Crippen molar-refractivity contribution in [3.05, 3.63) is 35.1 Å². The number of nitrogens with one attached hydrogen (secondary N) is 3. The summed E-state index contributed by atoms with van der Waals surface area (Å²) in [6.45, 7) is 4.49. The first kappa shape index (κ1) is 20.4. The number of piperidine rings is 1. The van der Waals surface area contributed by atoms with Crippen LogP contribution in [0.15, 0.2) is 18.2 Å². The smallest absolute Gasteiger partial charge is 0.323 e. The van der Waals surface area contributed by atoms with Crippen molar-refractivity contribution in [2.45, 2.75) is 38.8 Å². The zero-order chi connectivity index (χ0) is 19.3. The third kappa shape index (κ3) is 4.82. The molecule has 1 aliphatic heterocycles. The summed E-state index contributed by atoms with van der Waals surface area (Å²) in [5.74, 6) is -1.63. The quantitative estimate of drug-likeness (QED) is 0.644. The number of carbonyl (C=O) groups is 1. The van der Waals surface area contributed by atoms with Gasteiger partial charge in [0.2, 0.25) is 0 Å². The van der Waals surface area contributed by atoms with E-state index in [0.29, 0.717) is 25.2 Å². The third-order valence-corrected chi connectivity index (χ3v) is 4.51. The monoisotopic (exact) mass is 371 g/mol. The number of rotatable bonds is 7. The highest BCUT2D eigenvalue weighted by atomic mass is 19.3. The van der Waals surface area contributed by atoms with Gasteiger partial charge in [0.1, 0.15) is 11.9 Å². The van der Waals surface area contributed by atoms with Gasteiger partial charge in [-0.2, -0.15) is 0 Å². The second-order valence-corrected chi connectivity index (χ2v) is 6.28. The number of carbonyl (C=O) groups excluding carboxylic acids is 1. The van der Waals surface area contributed by atoms with Crippen molar-refractivity contribution in [1.82, 2.24) is 10.6 Å². The molecule has 1 fully saturated rings. The Morgan fingerprint density at radius 2 is 2.15 bits per heavy atom. The van der Waals surface area contributed by atoms with Gasteiger partial charge in [-0.1, -0.05) is 6.07 Å². The summed E-state index contributed by atoms with van der Waals surface area (Å²) in [5, 5.41) is 14.2. The molecule has 1 aliphatic rings. The van der Waals surface area contributed by atoms with Gasteiger partial charge in [0, 0.05) is 36.3 Å². The van der Waals surface area contributed by atoms with E-state index in [4.69, 9.17) is 10.1 Å². The molecule has 0 bridgehead atoms. The van der Waals surface area contributed by atoms with Gasteiger partial charge in [-0.15, -0.1) is 0 Å². The molecule has 3 N–H and O–H groups in total. The lowest BCUT2D eigenvalue weighted by Gasteiger charge is -2.33. The van der Waals surface area contributed by atoms with E-state index >= 15 is 0 Å². The highest BCUT2D eigenvalue weighted by molar-refractivity contribution is 5.91. The summed E-state index contributed by atoms with van der Waals surface area (Å²) in [6.07, 6.45) is -2.26. The van der Waals surface area contributed by atoms with Crippen molar-refractivity contribution >= 4 is 11.7 Å². The zero-order valence-electron chi connectivity index (χ0n) is 14.8. The van der Waals surface area contributed by atoms with Crippen LogP contribution in [0.1, 0.15) is 43.9 Å². The Balaban J connectivity index is 2.28. The molecule has 2 rings (SSSR count). The third-order valence-electron chi connectivity index (χ3n) is 4.51. The van der Waals surface area contributed by atoms with Gasteiger partial charge >= 0.3 is 5.97 Å². The van der Waals surface area contributed by atoms with E-state index in [2.05, 4.69) is 10.6 Å². The molecule has 144 valence electrons. The van der Waals surface area contributed by atoms with Crippen LogP contribution in [0.25, 0.3) is 0 Å². The van der Waals surface area contributed by atoms with Gasteiger partial charge in [0.15, 0.2) is 0 Å². The fourth-order valence-electron chi connectivity index (χ4n) is 3.17. The Labute approximate surface area is 150 Å². The van der Waals surface area contributed by atoms with Crippen LogP contribution in [0.2, 0.25) is 0 Å². The average Bonchev–Trinajstić information content (AvgIpc) is 2.60. The van der Waals surface area contributed by atoms with Gasteiger partial charge in [0.05, 0.1) is 6.61 Å². The first-order valence-electron chi connectivity index (χ1n) is 8.63. The summed E-state index contributed by atoms with van der Waals surface area (Å²) in [4.78, 5) is 12.4. The predicted molar refractivity (Wildman–Crippen MR) is 92.0 cm³/mol. The highest BCUT2D eigenvalue weighted by Crippen LogP contribution is 2.29. The molecular formula is C18H24F3N3O2. The molecular weight excluding hydrogens is 347 g/mol. The van der Waals surface area contributed by atoms with Crippen molar-refractivity contribution in [3.63, 3.8) is 0 Å². The number of ether oxygens (including phenoxy) is 1. The SMILES string of the molecule is CCOC(=O)C(NC(C)c1cc(F)ccc1C(F)F)C1CNCCC1=N. The first-order chi connectivity index (χ1) is 12.3. The molecule has 1 saturated heterocycles. The summed E-state index contributed by atoms with van der Waals surface area (Å²) in [5.41, 5.74) is 0.199. The van der Waals surface area contributed by atoms with E-state index in [9.17, 15) is 18.0 Å². The average molecular weight is 371 g/mol. The Hall–Kier alpha value is -1.93. The fraction of sp³-hybridized carbons (Fsp3) is 0.556. The van der Waals surface area contributed by atoms with Crippen LogP contribution in [0.5, 0.6) is 0 Å². The molecule has 3 atom stereocenters. The Morgan fingerprint density at radius 3 is 2.77 bits per heavy atom. The van der Waals surface area contributed by atoms with Crippen LogP contribution >= 0.6 is 0 Å². The van der Waals surface area contributed by atoms with Crippen molar-refractivity contribution < 1.29 is 22.7 Å². The highest BCUT2D eigenvalue weighted by Gasteiger charge is 2.35. The van der Waals surface area contributed by atoms with E-state index in [1.807, 2.05) is 0 Å². The second kappa shape index (κ2) is 9.14. The summed E-state index contributed by atoms with van der Waals surface area (Å²) in [6, 6.07) is 1.49. The molecule has 1 aromatic rings. The molecule has 5 nitrogen and oxygen atoms in total. The van der Waals surface area contributed by atoms with E-state index < -0.39 is 36.2 Å². The molecule has 0 aromatic heterocycles. The lowest BCUT2D eigenvalue weighted by Crippen LogP contribution is -2.53. The normalized spacial score (nSPS) is 20.1. The Kier molecular flexibility index (Phi) is 7.16. The molecule has 0 saturated carbocycles. The van der Waals surface area contributed by atoms with Crippen LogP contribution in [0.4, 0.5) is 13.2 Å². The largest absolute Gasteiger partial charge is 0.465 e. The molecule has 0 spiro atoms. The van der Waals surface area contributed by atoms with E-state index in [0.717, 1.165) is 18.2 Å². The van der Waals surface area contributed by atoms with Gasteiger partial charge in [-0.3, -0.25) is 10.1 Å². The van der Waals surface area contributed by atoms with Crippen LogP contribution in [-0.2, 0) is 9.53 Å². The van der Waals surface area contributed by atoms with Gasteiger partial charge in [-0.05, 0) is 38.0 Å². The minimum atomic E-state index is -2.76. The van der Waals surface area contributed by atoms with Crippen LogP contribution in [0.3, 0.4) is 0 Å². The molecule has 8 heteroatoms. The maximum atomic E-state index is 13.6. The van der Waals surface area contributed by atoms with Gasteiger partial charge < -0.3 is 15.5 Å². The van der Waals surface area contributed by atoms with Gasteiger partial charge in [-0.25, -0.2) is 13.2 Å². The number of hydrogen-bond acceptors (Lipinski definition) is 5. The molecule has 1 aromatic carbocycles. The maximum Gasteiger partial charge on any atom is 0.323 e. The van der Waals surface area contributed by atoms with Crippen LogP contribution in [0, 0.1) is 17.1 Å². The maximum absolute atomic E-state index is 13.6. The second-order valence-electron chi connectivity index (χ2n) is 6.28. The Bertz CT molecular complexity index is 655. The summed E-state index contributed by atoms with van der Waals surface area (Å²) in [7, 11) is 0. The standard InChI is InChI=1S/C18H24F3N3O2/c1-3-26-18(25)16(14-9-23-7-6-15(14)22)24-10(2)13-8-11(19)4-5-12(13)17(20)21/h4-5,8,10,14,16-17,22-24H,3,6-7,9H2,1-2H3. The summed E-state index contributed by atoms with van der Waals surface area (Å²) >= 11 is 0. The molecule has 0 amide bonds. The van der Waals surface area contributed by atoms with Crippen molar-refractivity contribution in [3.8, 4) is 0 Å². The molecule has 0 radical (unpaired) electrons. The zero-order valence-corrected chi connectivity index (χ0v) is 14.8.